The van der Waals surface area contributed by atoms with Gasteiger partial charge in [-0.25, -0.2) is 4.98 Å². The third-order valence-electron chi connectivity index (χ3n) is 6.51. The van der Waals surface area contributed by atoms with Crippen LogP contribution in [-0.4, -0.2) is 50.2 Å². The lowest BCUT2D eigenvalue weighted by atomic mass is 9.99. The second kappa shape index (κ2) is 7.23. The molecular formula is C23H22N6O3. The quantitative estimate of drug-likeness (QED) is 0.523. The Bertz CT molecular complexity index is 1430. The van der Waals surface area contributed by atoms with Crippen molar-refractivity contribution in [2.24, 2.45) is 0 Å². The molecule has 6 rings (SSSR count). The lowest BCUT2D eigenvalue weighted by molar-refractivity contribution is 0.0834. The molecule has 1 N–H and O–H groups in total. The van der Waals surface area contributed by atoms with Crippen LogP contribution in [0.25, 0.3) is 16.7 Å². The molecule has 3 aromatic heterocycles. The molecule has 162 valence electrons. The Morgan fingerprint density at radius 3 is 2.91 bits per heavy atom. The minimum Gasteiger partial charge on any atom is -0.381 e. The molecule has 5 heterocycles. The highest BCUT2D eigenvalue weighted by Gasteiger charge is 2.29. The fourth-order valence-corrected chi connectivity index (χ4v) is 4.84. The molecule has 9 heteroatoms. The molecule has 1 saturated heterocycles. The standard InChI is InChI=1S/C23H22N6O3/c1-13-11-18-17(12-16(13)23(31)28-8-4-14-3-2-7-24-19(14)28)25-22(30)21-27-26-20(29(18)21)15-5-9-32-10-6-15/h2-3,7,11-12,15H,4-6,8-10H2,1H3,(H,25,30). The van der Waals surface area contributed by atoms with E-state index in [0.29, 0.717) is 36.7 Å². The van der Waals surface area contributed by atoms with Gasteiger partial charge >= 0.3 is 0 Å². The van der Waals surface area contributed by atoms with Crippen molar-refractivity contribution >= 4 is 28.4 Å². The Hall–Kier alpha value is -3.59. The topological polar surface area (TPSA) is 105 Å². The van der Waals surface area contributed by atoms with Gasteiger partial charge in [0, 0.05) is 37.4 Å². The van der Waals surface area contributed by atoms with Crippen LogP contribution in [0, 0.1) is 6.92 Å². The SMILES string of the molecule is Cc1cc2c(cc1C(=O)N1CCc3cccnc31)[nH]c(=O)c1nnc(C3CCOCC3)n12. The summed E-state index contributed by atoms with van der Waals surface area (Å²) in [5, 5.41) is 8.52. The number of nitrogens with one attached hydrogen (secondary N) is 1. The van der Waals surface area contributed by atoms with Crippen molar-refractivity contribution in [1.82, 2.24) is 24.6 Å². The smallest absolute Gasteiger partial charge is 0.294 e. The zero-order valence-electron chi connectivity index (χ0n) is 17.7. The molecule has 0 spiro atoms. The zero-order valence-corrected chi connectivity index (χ0v) is 17.7. The third kappa shape index (κ3) is 2.85. The second-order valence-electron chi connectivity index (χ2n) is 8.44. The van der Waals surface area contributed by atoms with E-state index in [1.54, 1.807) is 17.2 Å². The van der Waals surface area contributed by atoms with Crippen LogP contribution in [0.3, 0.4) is 0 Å². The number of aromatic amines is 1. The summed E-state index contributed by atoms with van der Waals surface area (Å²) >= 11 is 0. The average Bonchev–Trinajstić information content (AvgIpc) is 3.45. The van der Waals surface area contributed by atoms with E-state index in [0.717, 1.165) is 41.7 Å². The number of pyridine rings is 1. The van der Waals surface area contributed by atoms with Crippen LogP contribution < -0.4 is 10.5 Å². The maximum absolute atomic E-state index is 13.4. The molecular weight excluding hydrogens is 408 g/mol. The van der Waals surface area contributed by atoms with Gasteiger partial charge in [-0.15, -0.1) is 10.2 Å². The number of benzene rings is 1. The number of hydrogen-bond donors (Lipinski definition) is 1. The molecule has 1 fully saturated rings. The number of anilines is 1. The highest BCUT2D eigenvalue weighted by molar-refractivity contribution is 6.09. The molecule has 1 amide bonds. The summed E-state index contributed by atoms with van der Waals surface area (Å²) in [5.74, 6) is 1.55. The van der Waals surface area contributed by atoms with E-state index in [9.17, 15) is 9.59 Å². The minimum atomic E-state index is -0.321. The first-order valence-corrected chi connectivity index (χ1v) is 10.9. The van der Waals surface area contributed by atoms with Crippen LogP contribution in [0.4, 0.5) is 5.82 Å². The molecule has 4 aromatic rings. The van der Waals surface area contributed by atoms with E-state index in [4.69, 9.17) is 4.74 Å². The van der Waals surface area contributed by atoms with Gasteiger partial charge in [-0.3, -0.25) is 18.9 Å². The number of hydrogen-bond acceptors (Lipinski definition) is 6. The largest absolute Gasteiger partial charge is 0.381 e. The van der Waals surface area contributed by atoms with Gasteiger partial charge in [0.05, 0.1) is 11.0 Å². The molecule has 0 bridgehead atoms. The maximum atomic E-state index is 13.4. The van der Waals surface area contributed by atoms with Crippen LogP contribution in [0.1, 0.15) is 46.1 Å². The van der Waals surface area contributed by atoms with Crippen LogP contribution in [0.15, 0.2) is 35.3 Å². The number of aryl methyl sites for hydroxylation is 1. The van der Waals surface area contributed by atoms with E-state index in [-0.39, 0.29) is 23.0 Å². The van der Waals surface area contributed by atoms with Crippen LogP contribution in [-0.2, 0) is 11.2 Å². The number of carbonyl (C=O) groups is 1. The zero-order chi connectivity index (χ0) is 21.8. The summed E-state index contributed by atoms with van der Waals surface area (Å²) in [7, 11) is 0. The van der Waals surface area contributed by atoms with E-state index in [2.05, 4.69) is 20.2 Å². The Balaban J connectivity index is 1.49. The van der Waals surface area contributed by atoms with Gasteiger partial charge < -0.3 is 9.72 Å². The fourth-order valence-electron chi connectivity index (χ4n) is 4.84. The molecule has 0 saturated carbocycles. The summed E-state index contributed by atoms with van der Waals surface area (Å²) in [6.45, 7) is 3.85. The van der Waals surface area contributed by atoms with Crippen molar-refractivity contribution in [1.29, 1.82) is 0 Å². The Morgan fingerprint density at radius 1 is 1.22 bits per heavy atom. The summed E-state index contributed by atoms with van der Waals surface area (Å²) in [6.07, 6.45) is 4.17. The molecule has 2 aliphatic heterocycles. The number of ether oxygens (including phenoxy) is 1. The molecule has 1 aromatic carbocycles. The molecule has 0 unspecified atom stereocenters. The first kappa shape index (κ1) is 19.1. The van der Waals surface area contributed by atoms with Crippen molar-refractivity contribution in [3.8, 4) is 0 Å². The number of amides is 1. The van der Waals surface area contributed by atoms with Gasteiger partial charge in [0.15, 0.2) is 0 Å². The number of carbonyl (C=O) groups excluding carboxylic acids is 1. The molecule has 2 aliphatic rings. The highest BCUT2D eigenvalue weighted by Crippen LogP contribution is 2.30. The van der Waals surface area contributed by atoms with E-state index in [1.807, 2.05) is 29.5 Å². The summed E-state index contributed by atoms with van der Waals surface area (Å²) in [6, 6.07) is 7.59. The van der Waals surface area contributed by atoms with Gasteiger partial charge in [-0.1, -0.05) is 6.07 Å². The number of aromatic nitrogens is 5. The third-order valence-corrected chi connectivity index (χ3v) is 6.51. The van der Waals surface area contributed by atoms with E-state index >= 15 is 0 Å². The maximum Gasteiger partial charge on any atom is 0.294 e. The van der Waals surface area contributed by atoms with Crippen LogP contribution in [0.2, 0.25) is 0 Å². The predicted molar refractivity (Wildman–Crippen MR) is 118 cm³/mol. The first-order chi connectivity index (χ1) is 15.6. The Kier molecular flexibility index (Phi) is 4.32. The van der Waals surface area contributed by atoms with Crippen molar-refractivity contribution in [3.05, 3.63) is 63.3 Å². The monoisotopic (exact) mass is 430 g/mol. The highest BCUT2D eigenvalue weighted by atomic mass is 16.5. The first-order valence-electron chi connectivity index (χ1n) is 10.9. The summed E-state index contributed by atoms with van der Waals surface area (Å²) in [5.41, 5.74) is 3.78. The summed E-state index contributed by atoms with van der Waals surface area (Å²) < 4.78 is 7.33. The van der Waals surface area contributed by atoms with Gasteiger partial charge in [0.25, 0.3) is 11.5 Å². The van der Waals surface area contributed by atoms with E-state index in [1.165, 1.54) is 0 Å². The molecule has 0 aliphatic carbocycles. The number of nitrogens with zero attached hydrogens (tertiary/aromatic N) is 5. The lowest BCUT2D eigenvalue weighted by Gasteiger charge is -2.21. The van der Waals surface area contributed by atoms with Crippen molar-refractivity contribution in [2.75, 3.05) is 24.7 Å². The van der Waals surface area contributed by atoms with Crippen LogP contribution in [0.5, 0.6) is 0 Å². The van der Waals surface area contributed by atoms with E-state index < -0.39 is 0 Å². The molecule has 9 nitrogen and oxygen atoms in total. The Morgan fingerprint density at radius 2 is 2.06 bits per heavy atom. The molecule has 32 heavy (non-hydrogen) atoms. The number of fused-ring (bicyclic) bond motifs is 4. The molecule has 0 atom stereocenters. The van der Waals surface area contributed by atoms with Gasteiger partial charge in [0.1, 0.15) is 11.6 Å². The van der Waals surface area contributed by atoms with Crippen LogP contribution >= 0.6 is 0 Å². The van der Waals surface area contributed by atoms with Gasteiger partial charge in [-0.05, 0) is 55.5 Å². The normalized spacial score (nSPS) is 16.7. The Labute approximate surface area is 183 Å². The summed E-state index contributed by atoms with van der Waals surface area (Å²) in [4.78, 5) is 35.2. The lowest BCUT2D eigenvalue weighted by Crippen LogP contribution is -2.30. The average molecular weight is 430 g/mol. The predicted octanol–water partition coefficient (Wildman–Crippen LogP) is 2.37. The van der Waals surface area contributed by atoms with Gasteiger partial charge in [0.2, 0.25) is 5.65 Å². The van der Waals surface area contributed by atoms with Gasteiger partial charge in [-0.2, -0.15) is 0 Å². The number of H-pyrrole nitrogens is 1. The fraction of sp³-hybridized carbons (Fsp3) is 0.348. The minimum absolute atomic E-state index is 0.115. The van der Waals surface area contributed by atoms with Crippen molar-refractivity contribution in [2.45, 2.75) is 32.1 Å². The second-order valence-corrected chi connectivity index (χ2v) is 8.44. The van der Waals surface area contributed by atoms with Crippen molar-refractivity contribution < 1.29 is 9.53 Å². The molecule has 0 radical (unpaired) electrons. The van der Waals surface area contributed by atoms with Crippen molar-refractivity contribution in [3.63, 3.8) is 0 Å². The number of rotatable bonds is 2.